The lowest BCUT2D eigenvalue weighted by molar-refractivity contribution is 0.0392. The van der Waals surface area contributed by atoms with Gasteiger partial charge < -0.3 is 9.64 Å². The summed E-state index contributed by atoms with van der Waals surface area (Å²) in [4.78, 5) is 20.0. The van der Waals surface area contributed by atoms with E-state index < -0.39 is 17.5 Å². The summed E-state index contributed by atoms with van der Waals surface area (Å²) in [6.07, 6.45) is 3.34. The molecule has 170 valence electrons. The van der Waals surface area contributed by atoms with Crippen LogP contribution in [0.2, 0.25) is 0 Å². The van der Waals surface area contributed by atoms with E-state index in [1.165, 1.54) is 0 Å². The number of hydrogen-bond acceptors (Lipinski definition) is 7. The molecule has 1 aliphatic rings. The van der Waals surface area contributed by atoms with Crippen molar-refractivity contribution in [3.05, 3.63) is 58.9 Å². The molecule has 0 N–H and O–H groups in total. The Balaban J connectivity index is 1.64. The van der Waals surface area contributed by atoms with Gasteiger partial charge in [0.15, 0.2) is 17.3 Å². The van der Waals surface area contributed by atoms with Crippen molar-refractivity contribution in [2.24, 2.45) is 7.05 Å². The maximum absolute atomic E-state index is 14.7. The van der Waals surface area contributed by atoms with Crippen molar-refractivity contribution < 1.29 is 17.9 Å². The van der Waals surface area contributed by atoms with E-state index in [0.29, 0.717) is 37.2 Å². The van der Waals surface area contributed by atoms with Gasteiger partial charge in [-0.3, -0.25) is 4.68 Å². The van der Waals surface area contributed by atoms with Crippen LogP contribution in [-0.2, 0) is 11.8 Å². The fraction of sp³-hybridized carbons (Fsp3) is 0.318. The molecule has 4 aromatic rings. The third-order valence-electron chi connectivity index (χ3n) is 5.64. The van der Waals surface area contributed by atoms with Crippen LogP contribution in [0.4, 0.5) is 19.1 Å². The zero-order valence-electron chi connectivity index (χ0n) is 18.2. The molecular formula is C22H20F3N7O. The Morgan fingerprint density at radius 2 is 1.73 bits per heavy atom. The first kappa shape index (κ1) is 21.3. The van der Waals surface area contributed by atoms with Gasteiger partial charge in [0.1, 0.15) is 23.1 Å². The standard InChI is InChI=1S/C22H20F3N7O/c1-11-12(2)28-21-20(27-11)19(14-6-16(24)17(25)7-15(14)23)29-22(30-21)32-4-5-33-18(10-32)13-8-26-31(3)9-13/h6-9,18H,4-5,10H2,1-3H3. The van der Waals surface area contributed by atoms with Crippen molar-refractivity contribution in [3.8, 4) is 11.3 Å². The minimum absolute atomic E-state index is 0.0476. The van der Waals surface area contributed by atoms with Gasteiger partial charge in [0.05, 0.1) is 30.7 Å². The van der Waals surface area contributed by atoms with Gasteiger partial charge in [0, 0.05) is 37.0 Å². The molecule has 0 spiro atoms. The molecular weight excluding hydrogens is 435 g/mol. The average Bonchev–Trinajstić information content (AvgIpc) is 3.23. The zero-order valence-corrected chi connectivity index (χ0v) is 18.2. The van der Waals surface area contributed by atoms with Gasteiger partial charge in [-0.25, -0.2) is 28.1 Å². The van der Waals surface area contributed by atoms with E-state index in [1.54, 1.807) is 24.7 Å². The summed E-state index contributed by atoms with van der Waals surface area (Å²) >= 11 is 0. The summed E-state index contributed by atoms with van der Waals surface area (Å²) in [5, 5.41) is 4.19. The molecule has 0 radical (unpaired) electrons. The van der Waals surface area contributed by atoms with E-state index in [4.69, 9.17) is 4.74 Å². The van der Waals surface area contributed by atoms with Crippen LogP contribution in [-0.4, -0.2) is 49.4 Å². The van der Waals surface area contributed by atoms with Gasteiger partial charge in [-0.15, -0.1) is 0 Å². The minimum atomic E-state index is -1.28. The largest absolute Gasteiger partial charge is 0.370 e. The molecule has 1 fully saturated rings. The van der Waals surface area contributed by atoms with Gasteiger partial charge >= 0.3 is 0 Å². The number of morpholine rings is 1. The quantitative estimate of drug-likeness (QED) is 0.438. The lowest BCUT2D eigenvalue weighted by Crippen LogP contribution is -2.39. The van der Waals surface area contributed by atoms with Crippen LogP contribution in [0.25, 0.3) is 22.4 Å². The summed E-state index contributed by atoms with van der Waals surface area (Å²) in [6.45, 7) is 4.86. The summed E-state index contributed by atoms with van der Waals surface area (Å²) < 4.78 is 49.9. The highest BCUT2D eigenvalue weighted by molar-refractivity contribution is 5.88. The van der Waals surface area contributed by atoms with E-state index in [2.05, 4.69) is 25.0 Å². The average molecular weight is 455 g/mol. The van der Waals surface area contributed by atoms with E-state index in [9.17, 15) is 13.2 Å². The fourth-order valence-electron chi connectivity index (χ4n) is 3.77. The van der Waals surface area contributed by atoms with Gasteiger partial charge in [-0.2, -0.15) is 10.1 Å². The third kappa shape index (κ3) is 3.88. The van der Waals surface area contributed by atoms with Crippen molar-refractivity contribution in [2.75, 3.05) is 24.6 Å². The first-order valence-corrected chi connectivity index (χ1v) is 10.3. The second-order valence-corrected chi connectivity index (χ2v) is 7.94. The maximum atomic E-state index is 14.7. The molecule has 11 heteroatoms. The summed E-state index contributed by atoms with van der Waals surface area (Å²) in [6, 6.07) is 1.28. The minimum Gasteiger partial charge on any atom is -0.370 e. The number of fused-ring (bicyclic) bond motifs is 1. The van der Waals surface area contributed by atoms with Crippen LogP contribution >= 0.6 is 0 Å². The topological polar surface area (TPSA) is 81.9 Å². The third-order valence-corrected chi connectivity index (χ3v) is 5.64. The monoisotopic (exact) mass is 455 g/mol. The fourth-order valence-corrected chi connectivity index (χ4v) is 3.77. The maximum Gasteiger partial charge on any atom is 0.228 e. The van der Waals surface area contributed by atoms with Crippen molar-refractivity contribution >= 4 is 17.1 Å². The van der Waals surface area contributed by atoms with Crippen molar-refractivity contribution in [1.82, 2.24) is 29.7 Å². The first-order valence-electron chi connectivity index (χ1n) is 10.3. The van der Waals surface area contributed by atoms with E-state index in [-0.39, 0.29) is 34.5 Å². The normalized spacial score (nSPS) is 16.5. The second kappa shape index (κ2) is 8.07. The SMILES string of the molecule is Cc1nc2nc(N3CCOC(c4cnn(C)c4)C3)nc(-c3cc(F)c(F)cc3F)c2nc1C. The molecule has 0 bridgehead atoms. The van der Waals surface area contributed by atoms with E-state index in [1.807, 2.05) is 18.1 Å². The summed E-state index contributed by atoms with van der Waals surface area (Å²) in [5.74, 6) is -3.13. The number of hydrogen-bond donors (Lipinski definition) is 0. The van der Waals surface area contributed by atoms with Crippen LogP contribution in [0.3, 0.4) is 0 Å². The number of nitrogens with zero attached hydrogens (tertiary/aromatic N) is 7. The summed E-state index contributed by atoms with van der Waals surface area (Å²) in [7, 11) is 1.82. The Kier molecular flexibility index (Phi) is 5.20. The molecule has 1 aliphatic heterocycles. The lowest BCUT2D eigenvalue weighted by Gasteiger charge is -2.32. The molecule has 5 rings (SSSR count). The smallest absolute Gasteiger partial charge is 0.228 e. The van der Waals surface area contributed by atoms with Crippen molar-refractivity contribution in [1.29, 1.82) is 0 Å². The molecule has 1 aromatic carbocycles. The molecule has 0 aliphatic carbocycles. The van der Waals surface area contributed by atoms with Crippen LogP contribution in [0.5, 0.6) is 0 Å². The molecule has 1 atom stereocenters. The Hall–Kier alpha value is -3.60. The number of benzene rings is 1. The Labute approximate surface area is 187 Å². The predicted molar refractivity (Wildman–Crippen MR) is 114 cm³/mol. The molecule has 0 saturated carbocycles. The number of rotatable bonds is 3. The predicted octanol–water partition coefficient (Wildman–Crippen LogP) is 3.43. The van der Waals surface area contributed by atoms with Crippen molar-refractivity contribution in [2.45, 2.75) is 20.0 Å². The lowest BCUT2D eigenvalue weighted by atomic mass is 10.1. The van der Waals surface area contributed by atoms with Crippen LogP contribution < -0.4 is 4.90 Å². The highest BCUT2D eigenvalue weighted by Gasteiger charge is 2.27. The Bertz CT molecular complexity index is 1370. The highest BCUT2D eigenvalue weighted by atomic mass is 19.2. The zero-order chi connectivity index (χ0) is 23.3. The Morgan fingerprint density at radius 1 is 0.970 bits per heavy atom. The van der Waals surface area contributed by atoms with Crippen LogP contribution in [0.1, 0.15) is 23.1 Å². The summed E-state index contributed by atoms with van der Waals surface area (Å²) in [5.41, 5.74) is 2.45. The molecule has 3 aromatic heterocycles. The molecule has 0 amide bonds. The van der Waals surface area contributed by atoms with Gasteiger partial charge in [0.2, 0.25) is 5.95 Å². The van der Waals surface area contributed by atoms with Gasteiger partial charge in [-0.1, -0.05) is 0 Å². The molecule has 1 unspecified atom stereocenters. The first-order chi connectivity index (χ1) is 15.8. The van der Waals surface area contributed by atoms with Gasteiger partial charge in [0.25, 0.3) is 0 Å². The number of aryl methyl sites for hydroxylation is 3. The van der Waals surface area contributed by atoms with Crippen molar-refractivity contribution in [3.63, 3.8) is 0 Å². The molecule has 8 nitrogen and oxygen atoms in total. The number of ether oxygens (including phenoxy) is 1. The number of halogens is 3. The van der Waals surface area contributed by atoms with Crippen LogP contribution in [0.15, 0.2) is 24.5 Å². The highest BCUT2D eigenvalue weighted by Crippen LogP contribution is 2.32. The second-order valence-electron chi connectivity index (χ2n) is 7.94. The van der Waals surface area contributed by atoms with E-state index >= 15 is 0 Å². The number of anilines is 1. The van der Waals surface area contributed by atoms with E-state index in [0.717, 1.165) is 11.6 Å². The number of aromatic nitrogens is 6. The molecule has 33 heavy (non-hydrogen) atoms. The molecule has 4 heterocycles. The van der Waals surface area contributed by atoms with Gasteiger partial charge in [-0.05, 0) is 19.9 Å². The molecule has 1 saturated heterocycles. The van der Waals surface area contributed by atoms with Crippen LogP contribution in [0, 0.1) is 31.3 Å². The Morgan fingerprint density at radius 3 is 2.48 bits per heavy atom.